The standard InChI is InChI=1S/C26H28N2O4S/c1-17-12-18(2)26(19(3)13-17)20(4)22-10-11-23(28-15-25(29)27-33(28,30)31)24(14-22)32-16-21-8-6-5-7-9-21/h5-15,20,27,29H,16H2,1-4H3. The molecule has 3 aromatic rings. The largest absolute Gasteiger partial charge is 0.493 e. The molecule has 0 saturated carbocycles. The molecule has 6 nitrogen and oxygen atoms in total. The molecule has 7 heteroatoms. The fraction of sp³-hybridized carbons (Fsp3) is 0.231. The van der Waals surface area contributed by atoms with Gasteiger partial charge in [0, 0.05) is 5.92 Å². The Kier molecular flexibility index (Phi) is 6.08. The van der Waals surface area contributed by atoms with Crippen LogP contribution in [0.15, 0.2) is 72.7 Å². The summed E-state index contributed by atoms with van der Waals surface area (Å²) in [6.07, 6.45) is 1.14. The van der Waals surface area contributed by atoms with Gasteiger partial charge in [-0.05, 0) is 60.7 Å². The van der Waals surface area contributed by atoms with Crippen molar-refractivity contribution in [1.82, 2.24) is 4.72 Å². The molecule has 0 radical (unpaired) electrons. The van der Waals surface area contributed by atoms with Crippen LogP contribution in [-0.2, 0) is 16.8 Å². The summed E-state index contributed by atoms with van der Waals surface area (Å²) >= 11 is 0. The summed E-state index contributed by atoms with van der Waals surface area (Å²) in [5, 5.41) is 9.76. The molecule has 1 unspecified atom stereocenters. The Bertz CT molecular complexity index is 1290. The van der Waals surface area contributed by atoms with Crippen molar-refractivity contribution in [1.29, 1.82) is 0 Å². The summed E-state index contributed by atoms with van der Waals surface area (Å²) in [4.78, 5) is 0. The molecule has 33 heavy (non-hydrogen) atoms. The van der Waals surface area contributed by atoms with Crippen LogP contribution in [0.3, 0.4) is 0 Å². The van der Waals surface area contributed by atoms with E-state index in [9.17, 15) is 13.5 Å². The number of aliphatic hydroxyl groups is 1. The zero-order valence-electron chi connectivity index (χ0n) is 19.2. The molecule has 1 atom stereocenters. The summed E-state index contributed by atoms with van der Waals surface area (Å²) in [5.74, 6) is 0.0604. The quantitative estimate of drug-likeness (QED) is 0.515. The average Bonchev–Trinajstić information content (AvgIpc) is 3.03. The van der Waals surface area contributed by atoms with Gasteiger partial charge in [0.2, 0.25) is 5.88 Å². The number of anilines is 1. The van der Waals surface area contributed by atoms with E-state index in [-0.39, 0.29) is 12.5 Å². The molecule has 0 amide bonds. The summed E-state index contributed by atoms with van der Waals surface area (Å²) in [5.41, 5.74) is 7.21. The molecule has 172 valence electrons. The lowest BCUT2D eigenvalue weighted by Crippen LogP contribution is -2.30. The summed E-state index contributed by atoms with van der Waals surface area (Å²) in [6, 6.07) is 19.6. The van der Waals surface area contributed by atoms with Gasteiger partial charge in [-0.3, -0.25) is 0 Å². The first-order valence-corrected chi connectivity index (χ1v) is 12.2. The van der Waals surface area contributed by atoms with Gasteiger partial charge in [-0.1, -0.05) is 61.0 Å². The van der Waals surface area contributed by atoms with Crippen molar-refractivity contribution in [3.05, 3.63) is 106 Å². The highest BCUT2D eigenvalue weighted by Crippen LogP contribution is 2.38. The third-order valence-corrected chi connectivity index (χ3v) is 7.15. The monoisotopic (exact) mass is 464 g/mol. The minimum Gasteiger partial charge on any atom is -0.493 e. The van der Waals surface area contributed by atoms with E-state index in [1.807, 2.05) is 42.5 Å². The number of hydrogen-bond donors (Lipinski definition) is 2. The van der Waals surface area contributed by atoms with Crippen LogP contribution in [0.5, 0.6) is 5.75 Å². The summed E-state index contributed by atoms with van der Waals surface area (Å²) in [7, 11) is -3.94. The smallest absolute Gasteiger partial charge is 0.330 e. The molecule has 0 saturated heterocycles. The van der Waals surface area contributed by atoms with E-state index >= 15 is 0 Å². The topological polar surface area (TPSA) is 78.9 Å². The van der Waals surface area contributed by atoms with Gasteiger partial charge in [-0.15, -0.1) is 0 Å². The Balaban J connectivity index is 1.76. The molecule has 3 aromatic carbocycles. The van der Waals surface area contributed by atoms with Crippen molar-refractivity contribution in [3.63, 3.8) is 0 Å². The fourth-order valence-corrected chi connectivity index (χ4v) is 5.52. The first-order chi connectivity index (χ1) is 15.7. The maximum Gasteiger partial charge on any atom is 0.330 e. The second-order valence-electron chi connectivity index (χ2n) is 8.45. The van der Waals surface area contributed by atoms with Crippen LogP contribution in [0.25, 0.3) is 0 Å². The van der Waals surface area contributed by atoms with Crippen LogP contribution in [0.2, 0.25) is 0 Å². The van der Waals surface area contributed by atoms with Crippen molar-refractivity contribution in [2.45, 2.75) is 40.2 Å². The zero-order valence-corrected chi connectivity index (χ0v) is 20.0. The highest BCUT2D eigenvalue weighted by atomic mass is 32.2. The second kappa shape index (κ2) is 8.83. The maximum absolute atomic E-state index is 12.5. The molecule has 1 aliphatic heterocycles. The highest BCUT2D eigenvalue weighted by molar-refractivity contribution is 7.91. The van der Waals surface area contributed by atoms with Gasteiger partial charge < -0.3 is 9.84 Å². The molecule has 0 aliphatic carbocycles. The van der Waals surface area contributed by atoms with Gasteiger partial charge in [0.15, 0.2) is 0 Å². The van der Waals surface area contributed by atoms with E-state index in [0.29, 0.717) is 11.4 Å². The molecule has 0 bridgehead atoms. The van der Waals surface area contributed by atoms with Gasteiger partial charge in [-0.2, -0.15) is 8.42 Å². The Morgan fingerprint density at radius 3 is 2.27 bits per heavy atom. The van der Waals surface area contributed by atoms with E-state index in [0.717, 1.165) is 21.6 Å². The number of aliphatic hydroxyl groups excluding tert-OH is 1. The van der Waals surface area contributed by atoms with Gasteiger partial charge in [0.05, 0.1) is 6.20 Å². The molecular formula is C26H28N2O4S. The average molecular weight is 465 g/mol. The molecule has 1 heterocycles. The predicted octanol–water partition coefficient (Wildman–Crippen LogP) is 5.35. The molecule has 0 spiro atoms. The highest BCUT2D eigenvalue weighted by Gasteiger charge is 2.31. The number of hydrogen-bond acceptors (Lipinski definition) is 4. The minimum absolute atomic E-state index is 0.0796. The van der Waals surface area contributed by atoms with Gasteiger partial charge >= 0.3 is 10.2 Å². The summed E-state index contributed by atoms with van der Waals surface area (Å²) in [6.45, 7) is 8.74. The zero-order chi connectivity index (χ0) is 23.8. The molecule has 1 aliphatic rings. The molecule has 0 fully saturated rings. The first kappa shape index (κ1) is 22.7. The first-order valence-electron chi connectivity index (χ1n) is 10.8. The Morgan fingerprint density at radius 1 is 1.00 bits per heavy atom. The van der Waals surface area contributed by atoms with Crippen molar-refractivity contribution >= 4 is 15.9 Å². The molecule has 2 N–H and O–H groups in total. The second-order valence-corrected chi connectivity index (χ2v) is 10.0. The van der Waals surface area contributed by atoms with E-state index in [1.54, 1.807) is 6.07 Å². The number of rotatable bonds is 6. The number of benzene rings is 3. The molecular weight excluding hydrogens is 436 g/mol. The van der Waals surface area contributed by atoms with Gasteiger partial charge in [0.25, 0.3) is 0 Å². The maximum atomic E-state index is 12.5. The van der Waals surface area contributed by atoms with Crippen molar-refractivity contribution in [3.8, 4) is 5.75 Å². The van der Waals surface area contributed by atoms with E-state index in [2.05, 4.69) is 44.5 Å². The lowest BCUT2D eigenvalue weighted by atomic mass is 9.86. The Morgan fingerprint density at radius 2 is 1.67 bits per heavy atom. The lowest BCUT2D eigenvalue weighted by molar-refractivity contribution is 0.307. The molecule has 0 aromatic heterocycles. The minimum atomic E-state index is -3.94. The fourth-order valence-electron chi connectivity index (χ4n) is 4.46. The van der Waals surface area contributed by atoms with Gasteiger partial charge in [0.1, 0.15) is 18.0 Å². The third-order valence-electron chi connectivity index (χ3n) is 5.86. The Labute approximate surface area is 195 Å². The van der Waals surface area contributed by atoms with Crippen LogP contribution >= 0.6 is 0 Å². The normalized spacial score (nSPS) is 15.6. The van der Waals surface area contributed by atoms with E-state index < -0.39 is 16.1 Å². The molecule has 4 rings (SSSR count). The van der Waals surface area contributed by atoms with Crippen molar-refractivity contribution < 1.29 is 18.3 Å². The number of nitrogens with one attached hydrogen (secondary N) is 1. The third kappa shape index (κ3) is 4.68. The van der Waals surface area contributed by atoms with Crippen molar-refractivity contribution in [2.24, 2.45) is 0 Å². The van der Waals surface area contributed by atoms with Crippen LogP contribution in [-0.4, -0.2) is 13.5 Å². The predicted molar refractivity (Wildman–Crippen MR) is 131 cm³/mol. The lowest BCUT2D eigenvalue weighted by Gasteiger charge is -2.23. The van der Waals surface area contributed by atoms with Crippen LogP contribution in [0, 0.1) is 20.8 Å². The summed E-state index contributed by atoms with van der Waals surface area (Å²) < 4.78 is 34.2. The Hall–Kier alpha value is -3.45. The number of aryl methyl sites for hydroxylation is 3. The van der Waals surface area contributed by atoms with Crippen LogP contribution < -0.4 is 13.8 Å². The van der Waals surface area contributed by atoms with E-state index in [1.165, 1.54) is 22.3 Å². The van der Waals surface area contributed by atoms with Crippen LogP contribution in [0.4, 0.5) is 5.69 Å². The van der Waals surface area contributed by atoms with Crippen LogP contribution in [0.1, 0.15) is 46.2 Å². The number of nitrogens with zero attached hydrogens (tertiary/aromatic N) is 1. The van der Waals surface area contributed by atoms with Crippen molar-refractivity contribution in [2.75, 3.05) is 4.31 Å². The number of ether oxygens (including phenoxy) is 1. The van der Waals surface area contributed by atoms with E-state index in [4.69, 9.17) is 4.74 Å². The SMILES string of the molecule is Cc1cc(C)c(C(C)c2ccc(N3C=C(O)NS3(=O)=O)c(OCc3ccccc3)c2)c(C)c1. The van der Waals surface area contributed by atoms with Gasteiger partial charge in [-0.25, -0.2) is 9.03 Å².